The Morgan fingerprint density at radius 1 is 0.906 bits per heavy atom. The van der Waals surface area contributed by atoms with Crippen LogP contribution in [0.4, 0.5) is 4.79 Å². The molecule has 0 aromatic carbocycles. The zero-order valence-electron chi connectivity index (χ0n) is 32.8. The van der Waals surface area contributed by atoms with E-state index in [0.29, 0.717) is 38.6 Å². The van der Waals surface area contributed by atoms with Gasteiger partial charge in [0, 0.05) is 19.5 Å². The van der Waals surface area contributed by atoms with E-state index in [-0.39, 0.29) is 47.8 Å². The van der Waals surface area contributed by atoms with E-state index >= 15 is 0 Å². The quantitative estimate of drug-likeness (QED) is 0.118. The summed E-state index contributed by atoms with van der Waals surface area (Å²) in [5.74, 6) is 0.0916. The Morgan fingerprint density at radius 3 is 2.08 bits per heavy atom. The van der Waals surface area contributed by atoms with E-state index in [1.165, 1.54) is 0 Å². The molecule has 5 fully saturated rings. The van der Waals surface area contributed by atoms with Gasteiger partial charge in [0.1, 0.15) is 12.1 Å². The Hall–Kier alpha value is -3.14. The molecule has 12 nitrogen and oxygen atoms in total. The SMILES string of the molecule is C#CCCNC(=O)C(=O)C(CC1CC1)NC(=O)[C@@H]1C2[C@H](CN1C(=O)[C@@H](NC(=O)NC1(CS(=O)(=O)C(C)(C)C)CCCCC1)C1(C)CCCCC1)C2(C)C. The summed E-state index contributed by atoms with van der Waals surface area (Å²) in [5, 5.41) is 11.6. The number of fused-ring (bicyclic) bond motifs is 1. The molecule has 13 heteroatoms. The number of nitrogens with zero attached hydrogens (tertiary/aromatic N) is 1. The minimum atomic E-state index is -3.57. The molecule has 0 bridgehead atoms. The van der Waals surface area contributed by atoms with Gasteiger partial charge in [-0.05, 0) is 81.5 Å². The molecular formula is C40H63N5O7S. The molecule has 4 N–H and O–H groups in total. The number of piperidine rings is 1. The summed E-state index contributed by atoms with van der Waals surface area (Å²) in [6.07, 6.45) is 15.6. The second kappa shape index (κ2) is 15.5. The van der Waals surface area contributed by atoms with Crippen LogP contribution in [0.15, 0.2) is 0 Å². The summed E-state index contributed by atoms with van der Waals surface area (Å²) in [6, 6.07) is -3.42. The van der Waals surface area contributed by atoms with E-state index in [1.807, 2.05) is 6.92 Å². The predicted octanol–water partition coefficient (Wildman–Crippen LogP) is 4.02. The van der Waals surface area contributed by atoms with Crippen molar-refractivity contribution in [3.8, 4) is 12.3 Å². The van der Waals surface area contributed by atoms with Crippen LogP contribution in [0.5, 0.6) is 0 Å². The minimum absolute atomic E-state index is 0.0635. The van der Waals surface area contributed by atoms with Crippen molar-refractivity contribution in [3.63, 3.8) is 0 Å². The molecule has 0 aromatic heterocycles. The average Bonchev–Trinajstić information content (AvgIpc) is 3.93. The first-order valence-corrected chi connectivity index (χ1v) is 21.6. The van der Waals surface area contributed by atoms with Crippen molar-refractivity contribution in [2.24, 2.45) is 28.6 Å². The fourth-order valence-corrected chi connectivity index (χ4v) is 10.9. The van der Waals surface area contributed by atoms with Gasteiger partial charge in [-0.1, -0.05) is 72.1 Å². The van der Waals surface area contributed by atoms with E-state index in [2.05, 4.69) is 41.0 Å². The van der Waals surface area contributed by atoms with E-state index in [4.69, 9.17) is 6.42 Å². The minimum Gasteiger partial charge on any atom is -0.348 e. The second-order valence-electron chi connectivity index (χ2n) is 18.7. The highest BCUT2D eigenvalue weighted by Crippen LogP contribution is 2.65. The van der Waals surface area contributed by atoms with Crippen molar-refractivity contribution in [3.05, 3.63) is 0 Å². The molecule has 2 unspecified atom stereocenters. The number of ketones is 1. The maximum Gasteiger partial charge on any atom is 0.315 e. The van der Waals surface area contributed by atoms with E-state index in [9.17, 15) is 32.4 Å². The van der Waals surface area contributed by atoms with Crippen LogP contribution in [0.25, 0.3) is 0 Å². The summed E-state index contributed by atoms with van der Waals surface area (Å²) >= 11 is 0. The van der Waals surface area contributed by atoms with Crippen LogP contribution >= 0.6 is 0 Å². The Kier molecular flexibility index (Phi) is 12.0. The summed E-state index contributed by atoms with van der Waals surface area (Å²) < 4.78 is 25.9. The van der Waals surface area contributed by atoms with Crippen molar-refractivity contribution in [2.75, 3.05) is 18.8 Å². The first-order chi connectivity index (χ1) is 24.8. The van der Waals surface area contributed by atoms with Crippen LogP contribution in [0, 0.1) is 40.9 Å². The normalized spacial score (nSPS) is 26.9. The molecule has 296 valence electrons. The molecule has 5 amide bonds. The van der Waals surface area contributed by atoms with Crippen LogP contribution in [-0.2, 0) is 29.0 Å². The molecule has 5 atom stereocenters. The van der Waals surface area contributed by atoms with Crippen molar-refractivity contribution in [2.45, 2.75) is 160 Å². The second-order valence-corrected chi connectivity index (χ2v) is 21.4. The highest BCUT2D eigenvalue weighted by Gasteiger charge is 2.70. The fraction of sp³-hybridized carbons (Fsp3) is 0.825. The third-order valence-corrected chi connectivity index (χ3v) is 16.0. The van der Waals surface area contributed by atoms with Crippen LogP contribution < -0.4 is 21.3 Å². The maximum absolute atomic E-state index is 14.9. The lowest BCUT2D eigenvalue weighted by Gasteiger charge is -2.44. The molecule has 1 aliphatic heterocycles. The van der Waals surface area contributed by atoms with E-state index < -0.39 is 67.3 Å². The lowest BCUT2D eigenvalue weighted by molar-refractivity contribution is -0.146. The van der Waals surface area contributed by atoms with Gasteiger partial charge in [0.25, 0.3) is 5.91 Å². The maximum atomic E-state index is 14.9. The predicted molar refractivity (Wildman–Crippen MR) is 203 cm³/mol. The Balaban J connectivity index is 1.39. The lowest BCUT2D eigenvalue weighted by Crippen LogP contribution is -2.65. The zero-order chi connectivity index (χ0) is 39.0. The van der Waals surface area contributed by atoms with E-state index in [1.54, 1.807) is 25.7 Å². The first-order valence-electron chi connectivity index (χ1n) is 19.9. The summed E-state index contributed by atoms with van der Waals surface area (Å²) in [7, 11) is -3.57. The monoisotopic (exact) mass is 757 g/mol. The summed E-state index contributed by atoms with van der Waals surface area (Å²) in [5.41, 5.74) is -1.75. The number of hydrogen-bond acceptors (Lipinski definition) is 7. The molecule has 4 saturated carbocycles. The number of hydrogen-bond donors (Lipinski definition) is 4. The number of carbonyl (C=O) groups is 5. The number of rotatable bonds is 14. The number of sulfone groups is 1. The van der Waals surface area contributed by atoms with Crippen LogP contribution in [0.3, 0.4) is 0 Å². The molecular weight excluding hydrogens is 695 g/mol. The van der Waals surface area contributed by atoms with Gasteiger partial charge < -0.3 is 26.2 Å². The van der Waals surface area contributed by atoms with Gasteiger partial charge in [0.15, 0.2) is 9.84 Å². The number of carbonyl (C=O) groups excluding carboxylic acids is 5. The molecule has 4 aliphatic carbocycles. The number of urea groups is 1. The average molecular weight is 758 g/mol. The molecule has 0 aromatic rings. The molecule has 5 aliphatic rings. The number of nitrogens with one attached hydrogen (secondary N) is 4. The number of terminal acetylenes is 1. The van der Waals surface area contributed by atoms with Gasteiger partial charge in [-0.3, -0.25) is 19.2 Å². The molecule has 0 radical (unpaired) electrons. The molecule has 5 rings (SSSR count). The van der Waals surface area contributed by atoms with Crippen LogP contribution in [-0.4, -0.2) is 90.1 Å². The van der Waals surface area contributed by atoms with Crippen molar-refractivity contribution in [1.82, 2.24) is 26.2 Å². The number of Topliss-reactive ketones (excluding diaryl/α,β-unsaturated/α-hetero) is 1. The van der Waals surface area contributed by atoms with Gasteiger partial charge >= 0.3 is 6.03 Å². The van der Waals surface area contributed by atoms with Gasteiger partial charge in [0.2, 0.25) is 17.6 Å². The number of amides is 5. The topological polar surface area (TPSA) is 171 Å². The highest BCUT2D eigenvalue weighted by molar-refractivity contribution is 7.92. The van der Waals surface area contributed by atoms with Crippen molar-refractivity contribution < 1.29 is 32.4 Å². The lowest BCUT2D eigenvalue weighted by atomic mass is 9.70. The zero-order valence-corrected chi connectivity index (χ0v) is 33.6. The van der Waals surface area contributed by atoms with Crippen molar-refractivity contribution in [1.29, 1.82) is 0 Å². The van der Waals surface area contributed by atoms with Gasteiger partial charge in [-0.2, -0.15) is 0 Å². The number of likely N-dealkylation sites (tertiary alicyclic amines) is 1. The van der Waals surface area contributed by atoms with Gasteiger partial charge in [0.05, 0.1) is 22.1 Å². The van der Waals surface area contributed by atoms with Crippen LogP contribution in [0.2, 0.25) is 0 Å². The molecule has 53 heavy (non-hydrogen) atoms. The fourth-order valence-electron chi connectivity index (χ4n) is 9.35. The Morgan fingerprint density at radius 2 is 1.51 bits per heavy atom. The summed E-state index contributed by atoms with van der Waals surface area (Å²) in [4.78, 5) is 71.1. The Labute approximate surface area is 316 Å². The first kappa shape index (κ1) is 41.0. The van der Waals surface area contributed by atoms with Gasteiger partial charge in [-0.15, -0.1) is 12.3 Å². The van der Waals surface area contributed by atoms with E-state index in [0.717, 1.165) is 51.4 Å². The molecule has 1 saturated heterocycles. The largest absolute Gasteiger partial charge is 0.348 e. The Bertz CT molecular complexity index is 1580. The third-order valence-electron chi connectivity index (χ3n) is 13.2. The van der Waals surface area contributed by atoms with Crippen molar-refractivity contribution >= 4 is 39.4 Å². The smallest absolute Gasteiger partial charge is 0.315 e. The van der Waals surface area contributed by atoms with Gasteiger partial charge in [-0.25, -0.2) is 13.2 Å². The van der Waals surface area contributed by atoms with Crippen LogP contribution in [0.1, 0.15) is 131 Å². The highest BCUT2D eigenvalue weighted by atomic mass is 32.2. The standard InChI is InChI=1S/C40H63N5O7S/c1-8-9-22-41-34(48)31(46)28(23-26-16-17-26)42-33(47)30-29-27(38(29,5)6)24-45(30)35(49)32(39(7)18-12-10-13-19-39)43-36(50)44-40(20-14-11-15-21-40)25-53(51,52)37(2,3)4/h1,26-30,32H,9-25H2,2-7H3,(H,41,48)(H,42,47)(H2,43,44,50)/t27-,28?,29?,30-,32+/m0/s1. The summed E-state index contributed by atoms with van der Waals surface area (Å²) in [6.45, 7) is 11.7. The third kappa shape index (κ3) is 9.05. The molecule has 1 heterocycles. The molecule has 0 spiro atoms.